The first-order valence-corrected chi connectivity index (χ1v) is 13.1. The molecule has 0 aliphatic heterocycles. The van der Waals surface area contributed by atoms with Crippen LogP contribution in [0.3, 0.4) is 0 Å². The minimum Gasteiger partial charge on any atom is -0.467 e. The van der Waals surface area contributed by atoms with Crippen molar-refractivity contribution in [1.82, 2.24) is 10.6 Å². The first kappa shape index (κ1) is 30.2. The molecule has 35 heavy (non-hydrogen) atoms. The summed E-state index contributed by atoms with van der Waals surface area (Å²) in [5.74, 6) is -0.164. The molecule has 0 aliphatic rings. The maximum Gasteiger partial charge on any atom is 0.329 e. The molecule has 0 saturated carbocycles. The van der Waals surface area contributed by atoms with Gasteiger partial charge in [0, 0.05) is 17.1 Å². The molecular weight excluding hydrogens is 460 g/mol. The van der Waals surface area contributed by atoms with E-state index < -0.39 is 17.9 Å². The zero-order valence-corrected chi connectivity index (χ0v) is 22.5. The molecule has 2 N–H and O–H groups in total. The van der Waals surface area contributed by atoms with E-state index in [9.17, 15) is 14.4 Å². The first-order valence-electron chi connectivity index (χ1n) is 12.0. The van der Waals surface area contributed by atoms with E-state index in [1.165, 1.54) is 23.8 Å². The average molecular weight is 501 g/mol. The smallest absolute Gasteiger partial charge is 0.329 e. The van der Waals surface area contributed by atoms with E-state index in [1.807, 2.05) is 6.07 Å². The molecule has 0 fully saturated rings. The number of carbonyl (C=O) groups is 3. The Balaban J connectivity index is 2.39. The van der Waals surface area contributed by atoms with Crippen LogP contribution in [0.15, 0.2) is 65.3 Å². The number of allylic oxidation sites excluding steroid dienone is 5. The lowest BCUT2D eigenvalue weighted by Gasteiger charge is -2.16. The van der Waals surface area contributed by atoms with E-state index >= 15 is 0 Å². The van der Waals surface area contributed by atoms with Crippen LogP contribution in [-0.4, -0.2) is 49.0 Å². The summed E-state index contributed by atoms with van der Waals surface area (Å²) in [6.07, 6.45) is 10.9. The molecule has 0 aromatic heterocycles. The number of amides is 2. The van der Waals surface area contributed by atoms with Crippen LogP contribution in [0, 0.1) is 0 Å². The van der Waals surface area contributed by atoms with Crippen molar-refractivity contribution in [3.63, 3.8) is 0 Å². The Kier molecular flexibility index (Phi) is 15.2. The molecule has 0 unspecified atom stereocenters. The molecule has 1 rings (SSSR count). The summed E-state index contributed by atoms with van der Waals surface area (Å²) >= 11 is 1.55. The number of rotatable bonds is 15. The van der Waals surface area contributed by atoms with E-state index in [0.29, 0.717) is 11.3 Å². The monoisotopic (exact) mass is 500 g/mol. The Morgan fingerprint density at radius 2 is 1.57 bits per heavy atom. The Bertz CT molecular complexity index is 903. The fourth-order valence-corrected chi connectivity index (χ4v) is 4.13. The minimum atomic E-state index is -0.772. The van der Waals surface area contributed by atoms with E-state index in [1.54, 1.807) is 36.0 Å². The van der Waals surface area contributed by atoms with Gasteiger partial charge in [0.25, 0.3) is 5.91 Å². The molecule has 0 aliphatic carbocycles. The summed E-state index contributed by atoms with van der Waals surface area (Å²) in [6, 6.07) is 7.87. The van der Waals surface area contributed by atoms with E-state index in [-0.39, 0.29) is 12.5 Å². The van der Waals surface area contributed by atoms with Gasteiger partial charge in [0.15, 0.2) is 0 Å². The van der Waals surface area contributed by atoms with Crippen LogP contribution in [0.1, 0.15) is 63.7 Å². The number of esters is 1. The van der Waals surface area contributed by atoms with Gasteiger partial charge in [0.05, 0.1) is 13.7 Å². The van der Waals surface area contributed by atoms with Crippen molar-refractivity contribution >= 4 is 29.5 Å². The van der Waals surface area contributed by atoms with Crippen LogP contribution in [0.25, 0.3) is 0 Å². The van der Waals surface area contributed by atoms with Crippen molar-refractivity contribution in [3.05, 3.63) is 70.8 Å². The lowest BCUT2D eigenvalue weighted by Crippen LogP contribution is -2.47. The number of hydrogen-bond donors (Lipinski definition) is 2. The third-order valence-electron chi connectivity index (χ3n) is 5.22. The van der Waals surface area contributed by atoms with Crippen LogP contribution in [0.2, 0.25) is 0 Å². The number of methoxy groups -OCH3 is 1. The molecule has 1 aromatic carbocycles. The highest BCUT2D eigenvalue weighted by molar-refractivity contribution is 7.99. The third kappa shape index (κ3) is 14.3. The fraction of sp³-hybridized carbons (Fsp3) is 0.464. The van der Waals surface area contributed by atoms with Crippen molar-refractivity contribution in [1.29, 1.82) is 0 Å². The summed E-state index contributed by atoms with van der Waals surface area (Å²) in [4.78, 5) is 36.4. The quantitative estimate of drug-likeness (QED) is 0.196. The molecule has 0 spiro atoms. The van der Waals surface area contributed by atoms with Gasteiger partial charge in [-0.25, -0.2) is 4.79 Å². The predicted octanol–water partition coefficient (Wildman–Crippen LogP) is 5.23. The highest BCUT2D eigenvalue weighted by atomic mass is 32.2. The van der Waals surface area contributed by atoms with Gasteiger partial charge < -0.3 is 15.4 Å². The Morgan fingerprint density at radius 3 is 2.20 bits per heavy atom. The molecular formula is C28H40N2O4S. The molecule has 2 amide bonds. The molecule has 0 radical (unpaired) electrons. The first-order chi connectivity index (χ1) is 16.7. The zero-order valence-electron chi connectivity index (χ0n) is 21.7. The number of benzene rings is 1. The Labute approximate surface area is 214 Å². The summed E-state index contributed by atoms with van der Waals surface area (Å²) in [5.41, 5.74) is 4.55. The molecule has 0 bridgehead atoms. The van der Waals surface area contributed by atoms with Gasteiger partial charge in [-0.1, -0.05) is 53.1 Å². The highest BCUT2D eigenvalue weighted by Crippen LogP contribution is 2.13. The Morgan fingerprint density at radius 1 is 0.943 bits per heavy atom. The summed E-state index contributed by atoms with van der Waals surface area (Å²) in [7, 11) is 1.29. The van der Waals surface area contributed by atoms with Crippen LogP contribution >= 0.6 is 11.8 Å². The number of hydrogen-bond acceptors (Lipinski definition) is 5. The number of carbonyl (C=O) groups excluding carboxylic acids is 3. The Hall–Kier alpha value is -2.80. The van der Waals surface area contributed by atoms with E-state index in [2.05, 4.69) is 56.6 Å². The highest BCUT2D eigenvalue weighted by Gasteiger charge is 2.21. The minimum absolute atomic E-state index is 0.216. The second kappa shape index (κ2) is 17.6. The van der Waals surface area contributed by atoms with Gasteiger partial charge in [0.1, 0.15) is 6.04 Å². The van der Waals surface area contributed by atoms with Gasteiger partial charge >= 0.3 is 5.97 Å². The second-order valence-electron chi connectivity index (χ2n) is 8.69. The lowest BCUT2D eigenvalue weighted by molar-refractivity contribution is -0.144. The lowest BCUT2D eigenvalue weighted by atomic mass is 10.1. The van der Waals surface area contributed by atoms with Crippen LogP contribution < -0.4 is 10.6 Å². The maximum atomic E-state index is 12.3. The van der Waals surface area contributed by atoms with Gasteiger partial charge in [-0.05, 0) is 65.5 Å². The zero-order chi connectivity index (χ0) is 26.1. The molecule has 0 saturated heterocycles. The van der Waals surface area contributed by atoms with Crippen molar-refractivity contribution in [2.75, 3.05) is 25.2 Å². The topological polar surface area (TPSA) is 84.5 Å². The second-order valence-corrected chi connectivity index (χ2v) is 9.76. The van der Waals surface area contributed by atoms with Crippen molar-refractivity contribution in [2.24, 2.45) is 0 Å². The van der Waals surface area contributed by atoms with Crippen LogP contribution in [0.4, 0.5) is 0 Å². The molecule has 7 heteroatoms. The molecule has 6 nitrogen and oxygen atoms in total. The average Bonchev–Trinajstić information content (AvgIpc) is 2.84. The summed E-state index contributed by atoms with van der Waals surface area (Å²) in [6.45, 7) is 8.33. The predicted molar refractivity (Wildman–Crippen MR) is 145 cm³/mol. The molecule has 0 heterocycles. The normalized spacial score (nSPS) is 12.5. The fourth-order valence-electron chi connectivity index (χ4n) is 3.13. The van der Waals surface area contributed by atoms with Gasteiger partial charge in [-0.3, -0.25) is 9.59 Å². The standard InChI is InChI=1S/C28H40N2O4S/c1-21(2)11-9-12-22(3)13-10-14-23(4)17-18-35-20-25(28(33)34-5)30-26(31)19-29-27(32)24-15-7-6-8-16-24/h6-8,11,13,15-17,25H,9-10,12,14,18-20H2,1-5H3,(H,29,32)(H,30,31)/b22-13+,23-17+/t25-/m0/s1. The molecule has 1 aromatic rings. The molecule has 192 valence electrons. The molecule has 1 atom stereocenters. The van der Waals surface area contributed by atoms with Crippen molar-refractivity contribution in [2.45, 2.75) is 59.4 Å². The van der Waals surface area contributed by atoms with Gasteiger partial charge in [0.2, 0.25) is 5.91 Å². The SMILES string of the molecule is COC(=O)[C@H](CSC/C=C(\C)CC/C=C(\C)CCC=C(C)C)NC(=O)CNC(=O)c1ccccc1. The largest absolute Gasteiger partial charge is 0.467 e. The van der Waals surface area contributed by atoms with E-state index in [4.69, 9.17) is 4.74 Å². The van der Waals surface area contributed by atoms with Gasteiger partial charge in [-0.2, -0.15) is 11.8 Å². The summed E-state index contributed by atoms with van der Waals surface area (Å²) < 4.78 is 4.82. The number of ether oxygens (including phenoxy) is 1. The van der Waals surface area contributed by atoms with Crippen molar-refractivity contribution in [3.8, 4) is 0 Å². The maximum absolute atomic E-state index is 12.3. The number of nitrogens with one attached hydrogen (secondary N) is 2. The van der Waals surface area contributed by atoms with Crippen molar-refractivity contribution < 1.29 is 19.1 Å². The third-order valence-corrected chi connectivity index (χ3v) is 6.19. The summed E-state index contributed by atoms with van der Waals surface area (Å²) in [5, 5.41) is 5.21. The number of thioether (sulfide) groups is 1. The van der Waals surface area contributed by atoms with Gasteiger partial charge in [-0.15, -0.1) is 0 Å². The van der Waals surface area contributed by atoms with Crippen LogP contribution in [-0.2, 0) is 14.3 Å². The van der Waals surface area contributed by atoms with E-state index in [0.717, 1.165) is 31.4 Å². The van der Waals surface area contributed by atoms with Crippen LogP contribution in [0.5, 0.6) is 0 Å².